The van der Waals surface area contributed by atoms with E-state index in [-0.39, 0.29) is 0 Å². The fraction of sp³-hybridized carbons (Fsp3) is 0.231. The summed E-state index contributed by atoms with van der Waals surface area (Å²) in [5.41, 5.74) is 0.921. The molecule has 0 radical (unpaired) electrons. The van der Waals surface area contributed by atoms with Gasteiger partial charge in [-0.1, -0.05) is 29.8 Å². The van der Waals surface area contributed by atoms with E-state index in [1.54, 1.807) is 0 Å². The molecule has 0 amide bonds. The largest absolute Gasteiger partial charge is 0.387 e. The lowest BCUT2D eigenvalue weighted by molar-refractivity contribution is 0.178. The maximum atomic E-state index is 9.85. The number of rotatable bonds is 3. The van der Waals surface area contributed by atoms with Crippen LogP contribution in [0.5, 0.6) is 0 Å². The van der Waals surface area contributed by atoms with Crippen LogP contribution in [0.15, 0.2) is 36.4 Å². The summed E-state index contributed by atoms with van der Waals surface area (Å²) in [6.07, 6.45) is -0.468. The topological polar surface area (TPSA) is 32.3 Å². The zero-order chi connectivity index (χ0) is 11.5. The van der Waals surface area contributed by atoms with Crippen molar-refractivity contribution in [2.24, 2.45) is 0 Å². The second kappa shape index (κ2) is 4.83. The molecule has 16 heavy (non-hydrogen) atoms. The monoisotopic (exact) mass is 235 g/mol. The standard InChI is InChI=1S/C13H14ClNO/c1-15-8-13(16)11-3-2-10-7-12(14)5-4-9(10)6-11/h2-7,13,15-16H,8H2,1H3. The van der Waals surface area contributed by atoms with E-state index in [2.05, 4.69) is 5.32 Å². The summed E-state index contributed by atoms with van der Waals surface area (Å²) >= 11 is 5.91. The van der Waals surface area contributed by atoms with Gasteiger partial charge in [-0.25, -0.2) is 0 Å². The van der Waals surface area contributed by atoms with E-state index >= 15 is 0 Å². The minimum Gasteiger partial charge on any atom is -0.387 e. The molecule has 2 N–H and O–H groups in total. The summed E-state index contributed by atoms with van der Waals surface area (Å²) in [7, 11) is 1.82. The second-order valence-electron chi connectivity index (χ2n) is 3.82. The van der Waals surface area contributed by atoms with Crippen LogP contribution >= 0.6 is 11.6 Å². The van der Waals surface area contributed by atoms with Crippen molar-refractivity contribution in [2.75, 3.05) is 13.6 Å². The van der Waals surface area contributed by atoms with Crippen LogP contribution in [-0.4, -0.2) is 18.7 Å². The number of benzene rings is 2. The molecule has 0 saturated heterocycles. The predicted molar refractivity (Wildman–Crippen MR) is 67.8 cm³/mol. The highest BCUT2D eigenvalue weighted by molar-refractivity contribution is 6.31. The molecular weight excluding hydrogens is 222 g/mol. The van der Waals surface area contributed by atoms with Crippen LogP contribution in [0.25, 0.3) is 10.8 Å². The van der Waals surface area contributed by atoms with Crippen molar-refractivity contribution in [2.45, 2.75) is 6.10 Å². The first-order valence-electron chi connectivity index (χ1n) is 5.22. The Morgan fingerprint density at radius 3 is 2.62 bits per heavy atom. The highest BCUT2D eigenvalue weighted by Crippen LogP contribution is 2.23. The molecule has 0 spiro atoms. The van der Waals surface area contributed by atoms with Gasteiger partial charge in [-0.15, -0.1) is 0 Å². The molecule has 0 aliphatic carbocycles. The van der Waals surface area contributed by atoms with E-state index < -0.39 is 6.10 Å². The summed E-state index contributed by atoms with van der Waals surface area (Å²) in [6.45, 7) is 0.555. The molecule has 2 aromatic rings. The van der Waals surface area contributed by atoms with E-state index in [0.717, 1.165) is 21.4 Å². The Balaban J connectivity index is 2.40. The fourth-order valence-electron chi connectivity index (χ4n) is 1.75. The molecule has 0 heterocycles. The molecule has 0 saturated carbocycles. The SMILES string of the molecule is CNCC(O)c1ccc2cc(Cl)ccc2c1. The average molecular weight is 236 g/mol. The van der Waals surface area contributed by atoms with Crippen molar-refractivity contribution >= 4 is 22.4 Å². The Hall–Kier alpha value is -1.09. The lowest BCUT2D eigenvalue weighted by Crippen LogP contribution is -2.16. The third-order valence-corrected chi connectivity index (χ3v) is 2.84. The third kappa shape index (κ3) is 2.35. The normalized spacial score (nSPS) is 12.9. The number of aliphatic hydroxyl groups excluding tert-OH is 1. The van der Waals surface area contributed by atoms with Crippen LogP contribution in [0.3, 0.4) is 0 Å². The Morgan fingerprint density at radius 1 is 1.19 bits per heavy atom. The average Bonchev–Trinajstić information content (AvgIpc) is 2.28. The first-order chi connectivity index (χ1) is 7.70. The third-order valence-electron chi connectivity index (χ3n) is 2.61. The first-order valence-corrected chi connectivity index (χ1v) is 5.60. The molecule has 3 heteroatoms. The Morgan fingerprint density at radius 2 is 1.88 bits per heavy atom. The lowest BCUT2D eigenvalue weighted by atomic mass is 10.0. The van der Waals surface area contributed by atoms with E-state index in [0.29, 0.717) is 6.54 Å². The number of fused-ring (bicyclic) bond motifs is 1. The van der Waals surface area contributed by atoms with E-state index in [1.165, 1.54) is 0 Å². The van der Waals surface area contributed by atoms with Crippen LogP contribution < -0.4 is 5.32 Å². The minimum atomic E-state index is -0.468. The number of hydrogen-bond acceptors (Lipinski definition) is 2. The number of hydrogen-bond donors (Lipinski definition) is 2. The molecule has 1 atom stereocenters. The van der Waals surface area contributed by atoms with E-state index in [1.807, 2.05) is 43.4 Å². The van der Waals surface area contributed by atoms with Gasteiger partial charge in [0.15, 0.2) is 0 Å². The highest BCUT2D eigenvalue weighted by atomic mass is 35.5. The molecule has 0 bridgehead atoms. The predicted octanol–water partition coefficient (Wildman–Crippen LogP) is 2.75. The molecule has 0 aliphatic heterocycles. The zero-order valence-corrected chi connectivity index (χ0v) is 9.83. The van der Waals surface area contributed by atoms with Gasteiger partial charge in [0.1, 0.15) is 0 Å². The Bertz CT molecular complexity index is 498. The Kier molecular flexibility index (Phi) is 3.44. The van der Waals surface area contributed by atoms with Gasteiger partial charge in [0.05, 0.1) is 6.10 Å². The maximum Gasteiger partial charge on any atom is 0.0914 e. The molecule has 2 rings (SSSR count). The molecule has 0 aromatic heterocycles. The van der Waals surface area contributed by atoms with Gasteiger partial charge in [-0.05, 0) is 41.6 Å². The van der Waals surface area contributed by atoms with Gasteiger partial charge in [-0.3, -0.25) is 0 Å². The summed E-state index contributed by atoms with van der Waals surface area (Å²) in [5.74, 6) is 0. The first kappa shape index (κ1) is 11.4. The van der Waals surface area contributed by atoms with Gasteiger partial charge in [0, 0.05) is 11.6 Å². The zero-order valence-electron chi connectivity index (χ0n) is 9.07. The molecule has 2 aromatic carbocycles. The second-order valence-corrected chi connectivity index (χ2v) is 4.26. The fourth-order valence-corrected chi connectivity index (χ4v) is 1.93. The maximum absolute atomic E-state index is 9.85. The van der Waals surface area contributed by atoms with Crippen LogP contribution in [0.2, 0.25) is 5.02 Å². The van der Waals surface area contributed by atoms with Gasteiger partial charge in [-0.2, -0.15) is 0 Å². The van der Waals surface area contributed by atoms with Crippen LogP contribution in [0.4, 0.5) is 0 Å². The van der Waals surface area contributed by atoms with Gasteiger partial charge in [0.2, 0.25) is 0 Å². The number of likely N-dealkylation sites (N-methyl/N-ethyl adjacent to an activating group) is 1. The molecule has 0 fully saturated rings. The molecule has 84 valence electrons. The highest BCUT2D eigenvalue weighted by Gasteiger charge is 2.06. The Labute approximate surface area is 99.9 Å². The van der Waals surface area contributed by atoms with E-state index in [9.17, 15) is 5.11 Å². The molecule has 0 aliphatic rings. The summed E-state index contributed by atoms with van der Waals surface area (Å²) in [5, 5.41) is 15.7. The summed E-state index contributed by atoms with van der Waals surface area (Å²) in [6, 6.07) is 11.7. The molecule has 2 nitrogen and oxygen atoms in total. The molecule has 1 unspecified atom stereocenters. The van der Waals surface area contributed by atoms with Crippen molar-refractivity contribution in [1.82, 2.24) is 5.32 Å². The summed E-state index contributed by atoms with van der Waals surface area (Å²) in [4.78, 5) is 0. The van der Waals surface area contributed by atoms with Crippen molar-refractivity contribution in [3.8, 4) is 0 Å². The number of nitrogens with one attached hydrogen (secondary N) is 1. The van der Waals surface area contributed by atoms with Crippen molar-refractivity contribution < 1.29 is 5.11 Å². The minimum absolute atomic E-state index is 0.468. The number of halogens is 1. The van der Waals surface area contributed by atoms with Gasteiger partial charge in [0.25, 0.3) is 0 Å². The van der Waals surface area contributed by atoms with Gasteiger partial charge >= 0.3 is 0 Å². The van der Waals surface area contributed by atoms with Crippen molar-refractivity contribution in [3.63, 3.8) is 0 Å². The van der Waals surface area contributed by atoms with Crippen molar-refractivity contribution in [1.29, 1.82) is 0 Å². The van der Waals surface area contributed by atoms with Gasteiger partial charge < -0.3 is 10.4 Å². The smallest absolute Gasteiger partial charge is 0.0914 e. The van der Waals surface area contributed by atoms with E-state index in [4.69, 9.17) is 11.6 Å². The lowest BCUT2D eigenvalue weighted by Gasteiger charge is -2.11. The van der Waals surface area contributed by atoms with Crippen LogP contribution in [-0.2, 0) is 0 Å². The van der Waals surface area contributed by atoms with Crippen molar-refractivity contribution in [3.05, 3.63) is 47.0 Å². The summed E-state index contributed by atoms with van der Waals surface area (Å²) < 4.78 is 0. The quantitative estimate of drug-likeness (QED) is 0.858. The van der Waals surface area contributed by atoms with Crippen LogP contribution in [0, 0.1) is 0 Å². The number of aliphatic hydroxyl groups is 1. The molecular formula is C13H14ClNO. The van der Waals surface area contributed by atoms with Crippen LogP contribution in [0.1, 0.15) is 11.7 Å².